The molecule has 1 aromatic rings. The van der Waals surface area contributed by atoms with E-state index in [4.69, 9.17) is 18.9 Å². The number of benzene rings is 1. The van der Waals surface area contributed by atoms with Crippen LogP contribution in [0, 0.1) is 39.9 Å². The summed E-state index contributed by atoms with van der Waals surface area (Å²) in [5, 5.41) is 13.0. The van der Waals surface area contributed by atoms with Crippen molar-refractivity contribution in [1.82, 2.24) is 0 Å². The van der Waals surface area contributed by atoms with Gasteiger partial charge in [0.15, 0.2) is 6.29 Å². The Bertz CT molecular complexity index is 1180. The molecule has 0 aliphatic heterocycles. The van der Waals surface area contributed by atoms with E-state index in [0.717, 1.165) is 57.1 Å². The van der Waals surface area contributed by atoms with E-state index < -0.39 is 5.60 Å². The third kappa shape index (κ3) is 6.91. The molecule has 0 radical (unpaired) electrons. The van der Waals surface area contributed by atoms with Gasteiger partial charge in [-0.2, -0.15) is 0 Å². The first kappa shape index (κ1) is 37.2. The zero-order valence-corrected chi connectivity index (χ0v) is 30.9. The van der Waals surface area contributed by atoms with Crippen LogP contribution in [0.1, 0.15) is 118 Å². The zero-order valence-electron chi connectivity index (χ0n) is 30.9. The maximum atomic E-state index is 13.0. The van der Waals surface area contributed by atoms with Gasteiger partial charge in [0.2, 0.25) is 0 Å². The Morgan fingerprint density at radius 2 is 1.59 bits per heavy atom. The fourth-order valence-electron chi connectivity index (χ4n) is 10.3. The molecule has 1 saturated carbocycles. The van der Waals surface area contributed by atoms with Crippen molar-refractivity contribution in [3.8, 4) is 5.75 Å². The molecule has 0 aromatic heterocycles. The van der Waals surface area contributed by atoms with Crippen molar-refractivity contribution in [1.29, 1.82) is 0 Å². The Hall–Kier alpha value is -1.66. The average molecular weight is 639 g/mol. The van der Waals surface area contributed by atoms with E-state index in [2.05, 4.69) is 67.2 Å². The number of aliphatic hydroxyl groups is 1. The standard InChI is InChI=1S/C41H66O5/c1-12-41(42)33-20-21-35-38(5,6)36(46-27-30-16-18-31(43-9)19-17-30)23-24-39(35,7)32(33)22-25-40(41,8)34(26-37(44-10)45-11)29(4)15-13-14-28(2)3/h12,16-19,28-29,34-37,42H,1,13-15,20-27H2,2-11H3/t29-,34-,35+,36+,39-,40-,41?/m1/s1. The monoisotopic (exact) mass is 638 g/mol. The van der Waals surface area contributed by atoms with Crippen LogP contribution in [0.25, 0.3) is 0 Å². The minimum atomic E-state index is -1.07. The molecule has 3 aliphatic carbocycles. The summed E-state index contributed by atoms with van der Waals surface area (Å²) in [6, 6.07) is 8.23. The first-order valence-corrected chi connectivity index (χ1v) is 18.1. The van der Waals surface area contributed by atoms with Gasteiger partial charge < -0.3 is 24.1 Å². The van der Waals surface area contributed by atoms with E-state index in [1.165, 1.54) is 29.6 Å². The van der Waals surface area contributed by atoms with Crippen LogP contribution in [0.15, 0.2) is 48.1 Å². The number of methoxy groups -OCH3 is 3. The van der Waals surface area contributed by atoms with Crippen LogP contribution in [0.4, 0.5) is 0 Å². The highest BCUT2D eigenvalue weighted by Crippen LogP contribution is 2.67. The maximum Gasteiger partial charge on any atom is 0.157 e. The molecular formula is C41H66O5. The summed E-state index contributed by atoms with van der Waals surface area (Å²) in [4.78, 5) is 0. The number of ether oxygens (including phenoxy) is 4. The Morgan fingerprint density at radius 1 is 0.913 bits per heavy atom. The minimum Gasteiger partial charge on any atom is -0.497 e. The lowest BCUT2D eigenvalue weighted by Gasteiger charge is -2.63. The van der Waals surface area contributed by atoms with Crippen molar-refractivity contribution in [3.63, 3.8) is 0 Å². The number of allylic oxidation sites excluding steroid dienone is 1. The van der Waals surface area contributed by atoms with Crippen molar-refractivity contribution in [2.24, 2.45) is 39.9 Å². The van der Waals surface area contributed by atoms with E-state index in [-0.39, 0.29) is 34.6 Å². The fourth-order valence-corrected chi connectivity index (χ4v) is 10.3. The van der Waals surface area contributed by atoms with Gasteiger partial charge in [-0.3, -0.25) is 0 Å². The number of fused-ring (bicyclic) bond motifs is 2. The van der Waals surface area contributed by atoms with E-state index >= 15 is 0 Å². The van der Waals surface area contributed by atoms with Crippen LogP contribution < -0.4 is 4.74 Å². The molecule has 1 aromatic carbocycles. The zero-order chi connectivity index (χ0) is 33.9. The second-order valence-corrected chi connectivity index (χ2v) is 16.4. The van der Waals surface area contributed by atoms with Crippen LogP contribution in [-0.4, -0.2) is 44.4 Å². The van der Waals surface area contributed by atoms with Gasteiger partial charge in [-0.05, 0) is 96.3 Å². The molecule has 4 rings (SSSR count). The topological polar surface area (TPSA) is 57.2 Å². The Labute approximate surface area is 281 Å². The Balaban J connectivity index is 1.62. The van der Waals surface area contributed by atoms with Crippen molar-refractivity contribution in [3.05, 3.63) is 53.6 Å². The molecule has 0 spiro atoms. The molecular weight excluding hydrogens is 572 g/mol. The SMILES string of the molecule is C=CC1(O)C2=C(CC[C@]1(C)[C@H](CC(OC)OC)[C@H](C)CCCC(C)C)[C@@]1(C)CC[C@H](OCc3ccc(OC)cc3)C(C)(C)[C@@H]1CC2. The van der Waals surface area contributed by atoms with Crippen molar-refractivity contribution < 1.29 is 24.1 Å². The quantitative estimate of drug-likeness (QED) is 0.153. The molecule has 0 saturated heterocycles. The lowest BCUT2D eigenvalue weighted by atomic mass is 9.43. The maximum absolute atomic E-state index is 13.0. The largest absolute Gasteiger partial charge is 0.497 e. The average Bonchev–Trinajstić information content (AvgIpc) is 3.02. The van der Waals surface area contributed by atoms with Gasteiger partial charge in [-0.25, -0.2) is 0 Å². The van der Waals surface area contributed by atoms with Gasteiger partial charge in [0, 0.05) is 26.1 Å². The van der Waals surface area contributed by atoms with E-state index in [9.17, 15) is 5.11 Å². The number of rotatable bonds is 15. The molecule has 1 fully saturated rings. The summed E-state index contributed by atoms with van der Waals surface area (Å²) >= 11 is 0. The molecule has 46 heavy (non-hydrogen) atoms. The predicted octanol–water partition coefficient (Wildman–Crippen LogP) is 9.92. The molecule has 5 heteroatoms. The molecule has 5 nitrogen and oxygen atoms in total. The van der Waals surface area contributed by atoms with Gasteiger partial charge in [-0.1, -0.05) is 98.1 Å². The van der Waals surface area contributed by atoms with Crippen molar-refractivity contribution >= 4 is 0 Å². The summed E-state index contributed by atoms with van der Waals surface area (Å²) in [5.74, 6) is 2.71. The van der Waals surface area contributed by atoms with Gasteiger partial charge >= 0.3 is 0 Å². The van der Waals surface area contributed by atoms with Crippen LogP contribution in [0.2, 0.25) is 0 Å². The fraction of sp³-hybridized carbons (Fsp3) is 0.756. The second-order valence-electron chi connectivity index (χ2n) is 16.4. The molecule has 260 valence electrons. The summed E-state index contributed by atoms with van der Waals surface area (Å²) in [6.07, 6.45) is 12.2. The molecule has 1 unspecified atom stereocenters. The van der Waals surface area contributed by atoms with Gasteiger partial charge in [0.25, 0.3) is 0 Å². The van der Waals surface area contributed by atoms with Gasteiger partial charge in [0.05, 0.1) is 19.8 Å². The van der Waals surface area contributed by atoms with E-state index in [1.54, 1.807) is 21.3 Å². The number of hydrogen-bond acceptors (Lipinski definition) is 5. The lowest BCUT2D eigenvalue weighted by molar-refractivity contribution is -0.156. The summed E-state index contributed by atoms with van der Waals surface area (Å²) < 4.78 is 23.6. The van der Waals surface area contributed by atoms with Gasteiger partial charge in [0.1, 0.15) is 11.4 Å². The molecule has 7 atom stereocenters. The van der Waals surface area contributed by atoms with Crippen LogP contribution in [-0.2, 0) is 20.8 Å². The minimum absolute atomic E-state index is 0.0165. The highest BCUT2D eigenvalue weighted by Gasteiger charge is 2.62. The van der Waals surface area contributed by atoms with E-state index in [0.29, 0.717) is 24.4 Å². The van der Waals surface area contributed by atoms with E-state index in [1.807, 2.05) is 18.2 Å². The first-order valence-electron chi connectivity index (χ1n) is 18.1. The second kappa shape index (κ2) is 14.8. The Morgan fingerprint density at radius 3 is 2.17 bits per heavy atom. The molecule has 0 amide bonds. The van der Waals surface area contributed by atoms with Crippen molar-refractivity contribution in [2.45, 2.75) is 137 Å². The first-order chi connectivity index (χ1) is 21.7. The Kier molecular flexibility index (Phi) is 12.0. The number of hydrogen-bond donors (Lipinski definition) is 1. The van der Waals surface area contributed by atoms with Gasteiger partial charge in [-0.15, -0.1) is 0 Å². The summed E-state index contributed by atoms with van der Waals surface area (Å²) in [5.41, 5.74) is 2.57. The summed E-state index contributed by atoms with van der Waals surface area (Å²) in [7, 11) is 5.17. The lowest BCUT2D eigenvalue weighted by Crippen LogP contribution is -2.60. The van der Waals surface area contributed by atoms with Crippen molar-refractivity contribution in [2.75, 3.05) is 21.3 Å². The predicted molar refractivity (Wildman–Crippen MR) is 189 cm³/mol. The molecule has 3 aliphatic rings. The van der Waals surface area contributed by atoms with Crippen LogP contribution in [0.5, 0.6) is 5.75 Å². The third-order valence-corrected chi connectivity index (χ3v) is 13.2. The van der Waals surface area contributed by atoms with Crippen LogP contribution in [0.3, 0.4) is 0 Å². The molecule has 0 heterocycles. The normalized spacial score (nSPS) is 32.2. The molecule has 0 bridgehead atoms. The highest BCUT2D eigenvalue weighted by molar-refractivity contribution is 5.42. The third-order valence-electron chi connectivity index (χ3n) is 13.2. The summed E-state index contributed by atoms with van der Waals surface area (Å²) in [6.45, 7) is 21.7. The smallest absolute Gasteiger partial charge is 0.157 e. The van der Waals surface area contributed by atoms with Crippen LogP contribution >= 0.6 is 0 Å². The molecule has 1 N–H and O–H groups in total. The highest BCUT2D eigenvalue weighted by atomic mass is 16.7.